The number of halogens is 1. The number of nitrogens with zero attached hydrogens (tertiary/aromatic N) is 1. The third-order valence-corrected chi connectivity index (χ3v) is 3.95. The number of likely N-dealkylation sites (N-methyl/N-ethyl adjacent to an activating group) is 1. The minimum Gasteiger partial charge on any atom is -0.310 e. The van der Waals surface area contributed by atoms with Crippen molar-refractivity contribution in [3.8, 4) is 0 Å². The number of nitrogens with one attached hydrogen (secondary N) is 1. The molecule has 1 unspecified atom stereocenters. The molecular weight excluding hydrogens is 268 g/mol. The molecular formula is C17H21ClN2. The third kappa shape index (κ3) is 3.59. The van der Waals surface area contributed by atoms with Crippen molar-refractivity contribution in [3.63, 3.8) is 0 Å². The van der Waals surface area contributed by atoms with Gasteiger partial charge in [0.25, 0.3) is 0 Å². The fourth-order valence-electron chi connectivity index (χ4n) is 2.31. The molecule has 1 aromatic carbocycles. The van der Waals surface area contributed by atoms with E-state index in [9.17, 15) is 0 Å². The Morgan fingerprint density at radius 2 is 2.00 bits per heavy atom. The van der Waals surface area contributed by atoms with Crippen LogP contribution in [0.5, 0.6) is 0 Å². The largest absolute Gasteiger partial charge is 0.310 e. The molecule has 0 saturated heterocycles. The van der Waals surface area contributed by atoms with Crippen LogP contribution in [-0.2, 0) is 6.42 Å². The van der Waals surface area contributed by atoms with Gasteiger partial charge >= 0.3 is 0 Å². The second-order valence-corrected chi connectivity index (χ2v) is 5.50. The summed E-state index contributed by atoms with van der Waals surface area (Å²) >= 11 is 6.45. The van der Waals surface area contributed by atoms with Crippen molar-refractivity contribution in [2.75, 3.05) is 6.54 Å². The molecule has 2 nitrogen and oxygen atoms in total. The highest BCUT2D eigenvalue weighted by Gasteiger charge is 2.16. The second kappa shape index (κ2) is 6.87. The molecule has 1 atom stereocenters. The third-order valence-electron chi connectivity index (χ3n) is 3.43. The molecule has 3 heteroatoms. The lowest BCUT2D eigenvalue weighted by Crippen LogP contribution is -2.23. The predicted octanol–water partition coefficient (Wildman–Crippen LogP) is 4.25. The Bertz CT molecular complexity index is 564. The summed E-state index contributed by atoms with van der Waals surface area (Å²) in [6, 6.07) is 10.6. The smallest absolute Gasteiger partial charge is 0.0483 e. The van der Waals surface area contributed by atoms with E-state index in [-0.39, 0.29) is 6.04 Å². The summed E-state index contributed by atoms with van der Waals surface area (Å²) in [5, 5.41) is 4.36. The number of aromatic nitrogens is 1. The van der Waals surface area contributed by atoms with E-state index in [0.717, 1.165) is 34.8 Å². The van der Waals surface area contributed by atoms with E-state index in [0.29, 0.717) is 0 Å². The van der Waals surface area contributed by atoms with E-state index in [2.05, 4.69) is 48.4 Å². The Morgan fingerprint density at radius 1 is 1.20 bits per heavy atom. The van der Waals surface area contributed by atoms with Crippen LogP contribution in [-0.4, -0.2) is 11.5 Å². The maximum atomic E-state index is 6.45. The summed E-state index contributed by atoms with van der Waals surface area (Å²) in [6.45, 7) is 7.11. The maximum Gasteiger partial charge on any atom is 0.0483 e. The van der Waals surface area contributed by atoms with E-state index in [4.69, 9.17) is 11.6 Å². The summed E-state index contributed by atoms with van der Waals surface area (Å²) in [6.07, 6.45) is 2.76. The zero-order valence-corrected chi connectivity index (χ0v) is 13.0. The van der Waals surface area contributed by atoms with E-state index in [1.165, 1.54) is 5.56 Å². The Hall–Kier alpha value is -1.38. The SMILES string of the molecule is CCNC(Cc1ccc(C)cn1)c1cccc(C)c1Cl. The van der Waals surface area contributed by atoms with Crippen LogP contribution in [0.3, 0.4) is 0 Å². The van der Waals surface area contributed by atoms with E-state index in [1.807, 2.05) is 19.2 Å². The molecule has 20 heavy (non-hydrogen) atoms. The lowest BCUT2D eigenvalue weighted by Gasteiger charge is -2.20. The molecule has 0 radical (unpaired) electrons. The lowest BCUT2D eigenvalue weighted by atomic mass is 9.99. The molecule has 0 bridgehead atoms. The molecule has 0 aliphatic carbocycles. The quantitative estimate of drug-likeness (QED) is 0.890. The van der Waals surface area contributed by atoms with Gasteiger partial charge in [0, 0.05) is 29.4 Å². The number of rotatable bonds is 5. The van der Waals surface area contributed by atoms with Gasteiger partial charge in [0.2, 0.25) is 0 Å². The fraction of sp³-hybridized carbons (Fsp3) is 0.353. The van der Waals surface area contributed by atoms with Crippen LogP contribution in [0, 0.1) is 13.8 Å². The molecule has 0 fully saturated rings. The van der Waals surface area contributed by atoms with Crippen molar-refractivity contribution in [1.29, 1.82) is 0 Å². The molecule has 0 spiro atoms. The first kappa shape index (κ1) is 15.0. The summed E-state index contributed by atoms with van der Waals surface area (Å²) in [5.41, 5.74) is 4.53. The van der Waals surface area contributed by atoms with Gasteiger partial charge in [-0.3, -0.25) is 4.98 Å². The fourth-order valence-corrected chi connectivity index (χ4v) is 2.56. The highest BCUT2D eigenvalue weighted by Crippen LogP contribution is 2.28. The monoisotopic (exact) mass is 288 g/mol. The van der Waals surface area contributed by atoms with Gasteiger partial charge in [-0.25, -0.2) is 0 Å². The minimum absolute atomic E-state index is 0.197. The molecule has 106 valence electrons. The average Bonchev–Trinajstić information content (AvgIpc) is 2.44. The van der Waals surface area contributed by atoms with Crippen molar-refractivity contribution >= 4 is 11.6 Å². The zero-order chi connectivity index (χ0) is 14.5. The number of hydrogen-bond acceptors (Lipinski definition) is 2. The lowest BCUT2D eigenvalue weighted by molar-refractivity contribution is 0.544. The highest BCUT2D eigenvalue weighted by atomic mass is 35.5. The first-order valence-corrected chi connectivity index (χ1v) is 7.39. The van der Waals surface area contributed by atoms with E-state index >= 15 is 0 Å². The van der Waals surface area contributed by atoms with Crippen LogP contribution in [0.25, 0.3) is 0 Å². The van der Waals surface area contributed by atoms with Gasteiger partial charge in [-0.2, -0.15) is 0 Å². The van der Waals surface area contributed by atoms with Gasteiger partial charge in [0.1, 0.15) is 0 Å². The first-order valence-electron chi connectivity index (χ1n) is 7.01. The van der Waals surface area contributed by atoms with Crippen molar-refractivity contribution < 1.29 is 0 Å². The van der Waals surface area contributed by atoms with Crippen molar-refractivity contribution in [2.45, 2.75) is 33.2 Å². The molecule has 1 aromatic heterocycles. The van der Waals surface area contributed by atoms with Crippen LogP contribution >= 0.6 is 11.6 Å². The predicted molar refractivity (Wildman–Crippen MR) is 85.3 cm³/mol. The Kier molecular flexibility index (Phi) is 5.16. The minimum atomic E-state index is 0.197. The molecule has 1 heterocycles. The van der Waals surface area contributed by atoms with E-state index in [1.54, 1.807) is 0 Å². The number of hydrogen-bond donors (Lipinski definition) is 1. The number of aryl methyl sites for hydroxylation is 2. The van der Waals surface area contributed by atoms with Gasteiger partial charge in [-0.15, -0.1) is 0 Å². The van der Waals surface area contributed by atoms with Crippen molar-refractivity contribution in [2.24, 2.45) is 0 Å². The Morgan fingerprint density at radius 3 is 2.65 bits per heavy atom. The molecule has 2 aromatic rings. The van der Waals surface area contributed by atoms with Crippen LogP contribution in [0.4, 0.5) is 0 Å². The summed E-state index contributed by atoms with van der Waals surface area (Å²) in [5.74, 6) is 0. The van der Waals surface area contributed by atoms with E-state index < -0.39 is 0 Å². The van der Waals surface area contributed by atoms with Crippen LogP contribution in [0.15, 0.2) is 36.5 Å². The van der Waals surface area contributed by atoms with Crippen LogP contribution in [0.1, 0.15) is 35.3 Å². The Labute approximate surface area is 126 Å². The second-order valence-electron chi connectivity index (χ2n) is 5.12. The van der Waals surface area contributed by atoms with Gasteiger partial charge in [-0.05, 0) is 43.1 Å². The average molecular weight is 289 g/mol. The van der Waals surface area contributed by atoms with Crippen LogP contribution < -0.4 is 5.32 Å². The van der Waals surface area contributed by atoms with Crippen molar-refractivity contribution in [3.05, 3.63) is 63.9 Å². The molecule has 0 aliphatic heterocycles. The van der Waals surface area contributed by atoms with Gasteiger partial charge in [0.15, 0.2) is 0 Å². The Balaban J connectivity index is 2.26. The summed E-state index contributed by atoms with van der Waals surface area (Å²) in [7, 11) is 0. The highest BCUT2D eigenvalue weighted by molar-refractivity contribution is 6.32. The molecule has 0 amide bonds. The van der Waals surface area contributed by atoms with Gasteiger partial charge in [0.05, 0.1) is 0 Å². The topological polar surface area (TPSA) is 24.9 Å². The first-order chi connectivity index (χ1) is 9.61. The summed E-state index contributed by atoms with van der Waals surface area (Å²) < 4.78 is 0. The molecule has 1 N–H and O–H groups in total. The standard InChI is InChI=1S/C17H21ClN2/c1-4-19-16(10-14-9-8-12(2)11-20-14)15-7-5-6-13(3)17(15)18/h5-9,11,16,19H,4,10H2,1-3H3. The molecule has 2 rings (SSSR count). The van der Waals surface area contributed by atoms with Gasteiger partial charge < -0.3 is 5.32 Å². The normalized spacial score (nSPS) is 12.4. The maximum absolute atomic E-state index is 6.45. The van der Waals surface area contributed by atoms with Gasteiger partial charge in [-0.1, -0.05) is 42.8 Å². The number of pyridine rings is 1. The van der Waals surface area contributed by atoms with Crippen molar-refractivity contribution in [1.82, 2.24) is 10.3 Å². The molecule has 0 aliphatic rings. The van der Waals surface area contributed by atoms with Crippen LogP contribution in [0.2, 0.25) is 5.02 Å². The molecule has 0 saturated carbocycles. The number of benzene rings is 1. The summed E-state index contributed by atoms with van der Waals surface area (Å²) in [4.78, 5) is 4.49. The zero-order valence-electron chi connectivity index (χ0n) is 12.3.